The molecule has 72 valence electrons. The fourth-order valence-electron chi connectivity index (χ4n) is 2.45. The summed E-state index contributed by atoms with van der Waals surface area (Å²) in [5.74, 6) is -1.32. The first kappa shape index (κ1) is 14.5. The molecule has 5 heteroatoms. The second kappa shape index (κ2) is 5.54. The molecule has 0 bridgehead atoms. The predicted molar refractivity (Wildman–Crippen MR) is 45.0 cm³/mol. The molecule has 1 saturated carbocycles. The Bertz CT molecular complexity index is 150. The Hall–Kier alpha value is 1.49. The Balaban J connectivity index is 0.00000144. The Morgan fingerprint density at radius 2 is 1.38 bits per heavy atom. The summed E-state index contributed by atoms with van der Waals surface area (Å²) in [7, 11) is 0. The van der Waals surface area contributed by atoms with Crippen LogP contribution in [0.5, 0.6) is 0 Å². The summed E-state index contributed by atoms with van der Waals surface area (Å²) in [5.41, 5.74) is 0. The number of halogens is 3. The SMILES string of the molecule is CC1CCCC(C)C1[B-](F)(F)F.[K+]. The van der Waals surface area contributed by atoms with Gasteiger partial charge in [0.15, 0.2) is 0 Å². The van der Waals surface area contributed by atoms with Gasteiger partial charge in [-0.15, -0.1) is 0 Å². The Kier molecular flexibility index (Phi) is 6.18. The summed E-state index contributed by atoms with van der Waals surface area (Å²) >= 11 is 0. The maximum absolute atomic E-state index is 12.5. The third-order valence-corrected chi connectivity index (χ3v) is 3.07. The van der Waals surface area contributed by atoms with Crippen molar-refractivity contribution in [2.24, 2.45) is 11.8 Å². The van der Waals surface area contributed by atoms with Crippen molar-refractivity contribution in [3.63, 3.8) is 0 Å². The third-order valence-electron chi connectivity index (χ3n) is 3.07. The Morgan fingerprint density at radius 3 is 1.62 bits per heavy atom. The normalized spacial score (nSPS) is 35.3. The standard InChI is InChI=1S/C8H15BF3.K/c1-6-4-3-5-7(2)8(6)9(10,11)12;/h6-8H,3-5H2,1-2H3;/q-1;+1. The van der Waals surface area contributed by atoms with Crippen molar-refractivity contribution >= 4 is 6.98 Å². The fourth-order valence-corrected chi connectivity index (χ4v) is 2.45. The molecule has 0 nitrogen and oxygen atoms in total. The monoisotopic (exact) mass is 218 g/mol. The Morgan fingerprint density at radius 1 is 1.00 bits per heavy atom. The summed E-state index contributed by atoms with van der Waals surface area (Å²) < 4.78 is 37.5. The largest absolute Gasteiger partial charge is 1.00 e. The minimum absolute atomic E-state index is 0. The van der Waals surface area contributed by atoms with Gasteiger partial charge in [-0.1, -0.05) is 50.8 Å². The van der Waals surface area contributed by atoms with Crippen molar-refractivity contribution in [2.45, 2.75) is 38.9 Å². The molecular formula is C8H15BF3K. The smallest absolute Gasteiger partial charge is 0.449 e. The van der Waals surface area contributed by atoms with E-state index in [4.69, 9.17) is 0 Å². The molecule has 0 radical (unpaired) electrons. The minimum Gasteiger partial charge on any atom is -0.449 e. The van der Waals surface area contributed by atoms with Crippen LogP contribution in [0.4, 0.5) is 12.9 Å². The molecule has 2 unspecified atom stereocenters. The molecule has 0 saturated heterocycles. The van der Waals surface area contributed by atoms with E-state index in [2.05, 4.69) is 0 Å². The zero-order chi connectivity index (χ0) is 9.35. The van der Waals surface area contributed by atoms with Crippen molar-refractivity contribution in [2.75, 3.05) is 0 Å². The minimum atomic E-state index is -4.61. The number of rotatable bonds is 1. The molecule has 2 atom stereocenters. The van der Waals surface area contributed by atoms with Gasteiger partial charge >= 0.3 is 58.4 Å². The van der Waals surface area contributed by atoms with Gasteiger partial charge in [-0.3, -0.25) is 0 Å². The van der Waals surface area contributed by atoms with Crippen LogP contribution in [0.15, 0.2) is 0 Å². The van der Waals surface area contributed by atoms with Gasteiger partial charge < -0.3 is 12.9 Å². The third kappa shape index (κ3) is 3.86. The average Bonchev–Trinajstić information content (AvgIpc) is 1.82. The molecule has 1 aliphatic carbocycles. The van der Waals surface area contributed by atoms with Gasteiger partial charge in [0.1, 0.15) is 0 Å². The van der Waals surface area contributed by atoms with E-state index in [1.807, 2.05) is 0 Å². The number of hydrogen-bond donors (Lipinski definition) is 0. The molecule has 0 N–H and O–H groups in total. The fraction of sp³-hybridized carbons (Fsp3) is 1.00. The zero-order valence-electron chi connectivity index (χ0n) is 8.56. The van der Waals surface area contributed by atoms with Crippen molar-refractivity contribution in [3.05, 3.63) is 0 Å². The molecule has 0 amide bonds. The van der Waals surface area contributed by atoms with E-state index in [1.54, 1.807) is 13.8 Å². The molecule has 1 rings (SSSR count). The van der Waals surface area contributed by atoms with Crippen molar-refractivity contribution < 1.29 is 64.3 Å². The second-order valence-electron chi connectivity index (χ2n) is 4.09. The van der Waals surface area contributed by atoms with E-state index in [-0.39, 0.29) is 63.2 Å². The van der Waals surface area contributed by atoms with Crippen LogP contribution in [-0.4, -0.2) is 6.98 Å². The predicted octanol–water partition coefficient (Wildman–Crippen LogP) is 0.664. The van der Waals surface area contributed by atoms with Crippen LogP contribution in [0.3, 0.4) is 0 Å². The quantitative estimate of drug-likeness (QED) is 0.567. The van der Waals surface area contributed by atoms with E-state index < -0.39 is 12.8 Å². The molecule has 0 spiro atoms. The maximum atomic E-state index is 12.5. The van der Waals surface area contributed by atoms with E-state index in [0.29, 0.717) is 0 Å². The van der Waals surface area contributed by atoms with E-state index in [1.165, 1.54) is 0 Å². The summed E-state index contributed by atoms with van der Waals surface area (Å²) in [6.45, 7) is -1.15. The van der Waals surface area contributed by atoms with E-state index >= 15 is 0 Å². The molecule has 1 aliphatic rings. The van der Waals surface area contributed by atoms with Gasteiger partial charge in [-0.05, 0) is 0 Å². The van der Waals surface area contributed by atoms with E-state index in [9.17, 15) is 12.9 Å². The summed E-state index contributed by atoms with van der Waals surface area (Å²) in [4.78, 5) is 0. The first-order valence-electron chi connectivity index (χ1n) is 4.63. The van der Waals surface area contributed by atoms with Gasteiger partial charge in [0, 0.05) is 0 Å². The maximum Gasteiger partial charge on any atom is 1.00 e. The molecule has 13 heavy (non-hydrogen) atoms. The summed E-state index contributed by atoms with van der Waals surface area (Å²) in [6, 6.07) is 0. The van der Waals surface area contributed by atoms with Crippen LogP contribution in [-0.2, 0) is 0 Å². The van der Waals surface area contributed by atoms with E-state index in [0.717, 1.165) is 19.3 Å². The van der Waals surface area contributed by atoms with Crippen LogP contribution in [0.2, 0.25) is 5.82 Å². The zero-order valence-corrected chi connectivity index (χ0v) is 11.7. The molecule has 0 aromatic carbocycles. The van der Waals surface area contributed by atoms with Gasteiger partial charge in [0.2, 0.25) is 0 Å². The molecule has 0 aliphatic heterocycles. The van der Waals surface area contributed by atoms with Crippen LogP contribution in [0.1, 0.15) is 33.1 Å². The summed E-state index contributed by atoms with van der Waals surface area (Å²) in [5, 5.41) is 0. The molecule has 1 fully saturated rings. The van der Waals surface area contributed by atoms with Crippen LogP contribution < -0.4 is 51.4 Å². The number of hydrogen-bond acceptors (Lipinski definition) is 0. The Labute approximate surface area is 121 Å². The van der Waals surface area contributed by atoms with Gasteiger partial charge in [-0.25, -0.2) is 0 Å². The molecule has 0 heterocycles. The van der Waals surface area contributed by atoms with Crippen molar-refractivity contribution in [3.8, 4) is 0 Å². The van der Waals surface area contributed by atoms with Gasteiger partial charge in [0.05, 0.1) is 0 Å². The van der Waals surface area contributed by atoms with Crippen molar-refractivity contribution in [1.82, 2.24) is 0 Å². The molecule has 0 aromatic rings. The molecule has 0 aromatic heterocycles. The van der Waals surface area contributed by atoms with Crippen LogP contribution in [0.25, 0.3) is 0 Å². The molecular weight excluding hydrogens is 203 g/mol. The second-order valence-corrected chi connectivity index (χ2v) is 4.09. The van der Waals surface area contributed by atoms with Crippen molar-refractivity contribution in [1.29, 1.82) is 0 Å². The van der Waals surface area contributed by atoms with Gasteiger partial charge in [0.25, 0.3) is 0 Å². The first-order valence-corrected chi connectivity index (χ1v) is 4.63. The first-order chi connectivity index (χ1) is 5.43. The van der Waals surface area contributed by atoms with Crippen LogP contribution >= 0.6 is 0 Å². The van der Waals surface area contributed by atoms with Gasteiger partial charge in [-0.2, -0.15) is 0 Å². The topological polar surface area (TPSA) is 0 Å². The average molecular weight is 218 g/mol. The summed E-state index contributed by atoms with van der Waals surface area (Å²) in [6.07, 6.45) is 2.46. The van der Waals surface area contributed by atoms with Crippen LogP contribution in [0, 0.1) is 11.8 Å².